The highest BCUT2D eigenvalue weighted by Gasteiger charge is 2.38. The van der Waals surface area contributed by atoms with Crippen molar-refractivity contribution in [3.8, 4) is 17.1 Å². The lowest BCUT2D eigenvalue weighted by molar-refractivity contribution is 0.900. The molecule has 120 valence electrons. The second-order valence-corrected chi connectivity index (χ2v) is 6.55. The van der Waals surface area contributed by atoms with E-state index < -0.39 is 0 Å². The maximum absolute atomic E-state index is 12.2. The highest BCUT2D eigenvalue weighted by molar-refractivity contribution is 5.84. The van der Waals surface area contributed by atoms with Gasteiger partial charge in [-0.05, 0) is 44.4 Å². The number of aromatic amines is 1. The molecule has 0 bridgehead atoms. The van der Waals surface area contributed by atoms with Crippen LogP contribution in [0.5, 0.6) is 0 Å². The van der Waals surface area contributed by atoms with Crippen molar-refractivity contribution in [3.63, 3.8) is 0 Å². The van der Waals surface area contributed by atoms with Crippen LogP contribution in [-0.4, -0.2) is 25.6 Å². The number of rotatable bonds is 1. The van der Waals surface area contributed by atoms with Crippen LogP contribution in [0.15, 0.2) is 35.4 Å². The molecule has 0 unspecified atom stereocenters. The number of anilines is 2. The highest BCUT2D eigenvalue weighted by atomic mass is 16.1. The molecule has 0 amide bonds. The van der Waals surface area contributed by atoms with Crippen LogP contribution in [0.2, 0.25) is 0 Å². The third-order valence-corrected chi connectivity index (χ3v) is 4.76. The summed E-state index contributed by atoms with van der Waals surface area (Å²) in [6.07, 6.45) is 5.87. The van der Waals surface area contributed by atoms with E-state index in [9.17, 15) is 4.79 Å². The van der Waals surface area contributed by atoms with Crippen molar-refractivity contribution in [2.75, 3.05) is 4.90 Å². The van der Waals surface area contributed by atoms with Crippen molar-refractivity contribution in [2.45, 2.75) is 32.7 Å². The summed E-state index contributed by atoms with van der Waals surface area (Å²) in [5.74, 6) is 2.56. The molecule has 0 aromatic carbocycles. The first-order valence-corrected chi connectivity index (χ1v) is 8.18. The maximum atomic E-state index is 12.2. The number of hydrogen-bond donors (Lipinski definition) is 1. The molecule has 1 fully saturated rings. The molecule has 3 aromatic heterocycles. The Hall–Kier alpha value is -2.89. The molecule has 24 heavy (non-hydrogen) atoms. The largest absolute Gasteiger partial charge is 0.307 e. The standard InChI is InChI=1S/C18H17N5O/c1-10-8-14(24)21-18-15(10)22-11(2)9-20-17(22)13-4-3-7-19-16(13)23(18)12-5-6-12/h3-4,7-9,12H,5-6H2,1-2H3,(H,21,24). The highest BCUT2D eigenvalue weighted by Crippen LogP contribution is 2.46. The van der Waals surface area contributed by atoms with Gasteiger partial charge in [0.15, 0.2) is 0 Å². The molecule has 1 saturated carbocycles. The van der Waals surface area contributed by atoms with Gasteiger partial charge >= 0.3 is 0 Å². The normalized spacial score (nSPS) is 15.5. The lowest BCUT2D eigenvalue weighted by Crippen LogP contribution is -2.25. The fourth-order valence-corrected chi connectivity index (χ4v) is 3.59. The molecule has 6 heteroatoms. The number of nitrogens with zero attached hydrogens (tertiary/aromatic N) is 4. The first-order valence-electron chi connectivity index (χ1n) is 8.18. The van der Waals surface area contributed by atoms with E-state index in [0.29, 0.717) is 6.04 Å². The minimum atomic E-state index is -0.0874. The van der Waals surface area contributed by atoms with Crippen molar-refractivity contribution in [1.82, 2.24) is 19.5 Å². The van der Waals surface area contributed by atoms with Gasteiger partial charge in [0.1, 0.15) is 17.5 Å². The summed E-state index contributed by atoms with van der Waals surface area (Å²) >= 11 is 0. The number of nitrogens with one attached hydrogen (secondary N) is 1. The number of fused-ring (bicyclic) bond motifs is 5. The van der Waals surface area contributed by atoms with Crippen molar-refractivity contribution >= 4 is 11.6 Å². The molecule has 0 atom stereocenters. The van der Waals surface area contributed by atoms with E-state index in [1.165, 1.54) is 0 Å². The van der Waals surface area contributed by atoms with E-state index in [0.717, 1.165) is 52.8 Å². The van der Waals surface area contributed by atoms with Crippen molar-refractivity contribution in [2.24, 2.45) is 0 Å². The molecule has 5 rings (SSSR count). The first kappa shape index (κ1) is 13.5. The molecule has 0 spiro atoms. The van der Waals surface area contributed by atoms with Crippen LogP contribution in [0, 0.1) is 13.8 Å². The Kier molecular flexibility index (Phi) is 2.58. The minimum absolute atomic E-state index is 0.0874. The lowest BCUT2D eigenvalue weighted by Gasteiger charge is -2.25. The van der Waals surface area contributed by atoms with Crippen LogP contribution in [-0.2, 0) is 0 Å². The number of imidazole rings is 1. The predicted octanol–water partition coefficient (Wildman–Crippen LogP) is 2.85. The van der Waals surface area contributed by atoms with E-state index in [2.05, 4.69) is 30.5 Å². The van der Waals surface area contributed by atoms with Crippen LogP contribution >= 0.6 is 0 Å². The van der Waals surface area contributed by atoms with Gasteiger partial charge in [-0.1, -0.05) is 0 Å². The Labute approximate surface area is 138 Å². The van der Waals surface area contributed by atoms with E-state index in [1.807, 2.05) is 26.1 Å². The van der Waals surface area contributed by atoms with Gasteiger partial charge in [-0.3, -0.25) is 9.36 Å². The number of pyridine rings is 2. The zero-order valence-corrected chi connectivity index (χ0v) is 13.6. The Morgan fingerprint density at radius 1 is 1.25 bits per heavy atom. The predicted molar refractivity (Wildman–Crippen MR) is 92.1 cm³/mol. The zero-order valence-electron chi connectivity index (χ0n) is 13.6. The fourth-order valence-electron chi connectivity index (χ4n) is 3.59. The monoisotopic (exact) mass is 319 g/mol. The topological polar surface area (TPSA) is 66.8 Å². The van der Waals surface area contributed by atoms with Crippen molar-refractivity contribution in [1.29, 1.82) is 0 Å². The summed E-state index contributed by atoms with van der Waals surface area (Å²) in [6.45, 7) is 4.01. The SMILES string of the molecule is Cc1cc(=O)[nH]c2c1-n1c(C)cnc1-c1cccnc1N2C1CC1. The number of aryl methyl sites for hydroxylation is 2. The summed E-state index contributed by atoms with van der Waals surface area (Å²) in [4.78, 5) is 26.7. The van der Waals surface area contributed by atoms with Crippen LogP contribution in [0.3, 0.4) is 0 Å². The third kappa shape index (κ3) is 1.73. The van der Waals surface area contributed by atoms with Gasteiger partial charge in [0.2, 0.25) is 5.56 Å². The minimum Gasteiger partial charge on any atom is -0.307 e. The van der Waals surface area contributed by atoms with Gasteiger partial charge in [0.05, 0.1) is 11.3 Å². The molecule has 1 N–H and O–H groups in total. The summed E-state index contributed by atoms with van der Waals surface area (Å²) < 4.78 is 2.13. The average Bonchev–Trinajstić information content (AvgIpc) is 3.32. The molecule has 1 aliphatic heterocycles. The molecule has 1 aliphatic carbocycles. The molecule has 0 radical (unpaired) electrons. The van der Waals surface area contributed by atoms with E-state index >= 15 is 0 Å². The second kappa shape index (κ2) is 4.56. The summed E-state index contributed by atoms with van der Waals surface area (Å²) in [5.41, 5.74) is 3.87. The van der Waals surface area contributed by atoms with E-state index in [1.54, 1.807) is 12.3 Å². The van der Waals surface area contributed by atoms with E-state index in [-0.39, 0.29) is 5.56 Å². The number of hydrogen-bond acceptors (Lipinski definition) is 4. The maximum Gasteiger partial charge on any atom is 0.249 e. The van der Waals surface area contributed by atoms with Gasteiger partial charge < -0.3 is 9.88 Å². The molecule has 4 heterocycles. The number of aromatic nitrogens is 4. The third-order valence-electron chi connectivity index (χ3n) is 4.76. The quantitative estimate of drug-likeness (QED) is 0.749. The Morgan fingerprint density at radius 2 is 2.08 bits per heavy atom. The Morgan fingerprint density at radius 3 is 2.88 bits per heavy atom. The zero-order chi connectivity index (χ0) is 16.4. The van der Waals surface area contributed by atoms with Crippen molar-refractivity contribution < 1.29 is 0 Å². The van der Waals surface area contributed by atoms with Crippen LogP contribution in [0.25, 0.3) is 17.1 Å². The molecule has 3 aromatic rings. The van der Waals surface area contributed by atoms with Gasteiger partial charge in [-0.15, -0.1) is 0 Å². The van der Waals surface area contributed by atoms with Crippen LogP contribution in [0.1, 0.15) is 24.1 Å². The van der Waals surface area contributed by atoms with E-state index in [4.69, 9.17) is 0 Å². The van der Waals surface area contributed by atoms with Gasteiger partial charge in [0.25, 0.3) is 0 Å². The molecule has 2 aliphatic rings. The Balaban J connectivity index is 1.97. The molecular formula is C18H17N5O. The molecule has 0 saturated heterocycles. The summed E-state index contributed by atoms with van der Waals surface area (Å²) in [6, 6.07) is 6.01. The van der Waals surface area contributed by atoms with Crippen molar-refractivity contribution in [3.05, 3.63) is 52.2 Å². The van der Waals surface area contributed by atoms with Gasteiger partial charge in [-0.2, -0.15) is 0 Å². The van der Waals surface area contributed by atoms with Crippen LogP contribution < -0.4 is 10.5 Å². The lowest BCUT2D eigenvalue weighted by atomic mass is 10.2. The smallest absolute Gasteiger partial charge is 0.249 e. The first-order chi connectivity index (χ1) is 11.6. The fraction of sp³-hybridized carbons (Fsp3) is 0.278. The summed E-state index contributed by atoms with van der Waals surface area (Å²) in [7, 11) is 0. The van der Waals surface area contributed by atoms with Crippen LogP contribution in [0.4, 0.5) is 11.6 Å². The van der Waals surface area contributed by atoms with Gasteiger partial charge in [0, 0.05) is 30.2 Å². The molecule has 6 nitrogen and oxygen atoms in total. The number of H-pyrrole nitrogens is 1. The summed E-state index contributed by atoms with van der Waals surface area (Å²) in [5, 5.41) is 0. The average molecular weight is 319 g/mol. The second-order valence-electron chi connectivity index (χ2n) is 6.55. The van der Waals surface area contributed by atoms with Gasteiger partial charge in [-0.25, -0.2) is 9.97 Å². The Bertz CT molecular complexity index is 1030. The molecular weight excluding hydrogens is 302 g/mol.